The fourth-order valence-corrected chi connectivity index (χ4v) is 0.492. The predicted molar refractivity (Wildman–Crippen MR) is 26.6 cm³/mol. The molecule has 0 aliphatic carbocycles. The molecule has 0 spiro atoms. The van der Waals surface area contributed by atoms with Crippen molar-refractivity contribution in [1.29, 1.82) is 0 Å². The largest absolute Gasteiger partial charge is 0.255 e. The van der Waals surface area contributed by atoms with Gasteiger partial charge in [-0.2, -0.15) is 13.2 Å². The van der Waals surface area contributed by atoms with E-state index in [9.17, 15) is 13.2 Å². The molecular formula is C5H3F3N2. The van der Waals surface area contributed by atoms with Crippen molar-refractivity contribution in [3.63, 3.8) is 0 Å². The smallest absolute Gasteiger partial charge is 0.202 e. The van der Waals surface area contributed by atoms with E-state index in [1.807, 2.05) is 0 Å². The summed E-state index contributed by atoms with van der Waals surface area (Å²) in [6, 6.07) is 0. The lowest BCUT2D eigenvalue weighted by Crippen LogP contribution is -2.00. The first-order chi connectivity index (χ1) is 4.61. The summed E-state index contributed by atoms with van der Waals surface area (Å²) in [6.45, 7) is 1.27. The van der Waals surface area contributed by atoms with Crippen molar-refractivity contribution >= 4 is 0 Å². The molecule has 1 rings (SSSR count). The van der Waals surface area contributed by atoms with Gasteiger partial charge in [-0.1, -0.05) is 0 Å². The van der Waals surface area contributed by atoms with Gasteiger partial charge in [0, 0.05) is 0 Å². The zero-order valence-electron chi connectivity index (χ0n) is 5.03. The maximum absolute atomic E-state index is 12.1. The number of hydrogen-bond donors (Lipinski definition) is 0. The van der Waals surface area contributed by atoms with Crippen LogP contribution in [0.1, 0.15) is 5.82 Å². The Hall–Kier alpha value is -1.13. The molecule has 0 saturated heterocycles. The Labute approximate surface area is 54.7 Å². The molecule has 0 saturated carbocycles. The number of aryl methyl sites for hydroxylation is 1. The fraction of sp³-hybridized carbons (Fsp3) is 0.200. The van der Waals surface area contributed by atoms with E-state index in [4.69, 9.17) is 0 Å². The van der Waals surface area contributed by atoms with Crippen LogP contribution in [0.25, 0.3) is 0 Å². The van der Waals surface area contributed by atoms with Crippen LogP contribution >= 0.6 is 0 Å². The third-order valence-corrected chi connectivity index (χ3v) is 0.882. The quantitative estimate of drug-likeness (QED) is 0.516. The van der Waals surface area contributed by atoms with E-state index in [0.717, 1.165) is 0 Å². The molecule has 0 unspecified atom stereocenters. The van der Waals surface area contributed by atoms with Gasteiger partial charge in [-0.15, -0.1) is 0 Å². The van der Waals surface area contributed by atoms with Crippen molar-refractivity contribution < 1.29 is 13.2 Å². The van der Waals surface area contributed by atoms with Crippen LogP contribution in [0.4, 0.5) is 13.2 Å². The maximum atomic E-state index is 12.1. The number of halogens is 3. The normalized spacial score (nSPS) is 10.0. The van der Waals surface area contributed by atoms with Crippen molar-refractivity contribution in [3.8, 4) is 0 Å². The SMILES string of the molecule is Cc1nc(F)c(F)c(F)n1. The van der Waals surface area contributed by atoms with E-state index in [0.29, 0.717) is 0 Å². The van der Waals surface area contributed by atoms with Crippen molar-refractivity contribution in [2.75, 3.05) is 0 Å². The molecular weight excluding hydrogens is 145 g/mol. The molecule has 0 N–H and O–H groups in total. The zero-order chi connectivity index (χ0) is 7.72. The van der Waals surface area contributed by atoms with E-state index in [1.165, 1.54) is 6.92 Å². The first kappa shape index (κ1) is 6.98. The van der Waals surface area contributed by atoms with Gasteiger partial charge in [-0.3, -0.25) is 0 Å². The van der Waals surface area contributed by atoms with Crippen LogP contribution in [-0.2, 0) is 0 Å². The Morgan fingerprint density at radius 3 is 1.80 bits per heavy atom. The number of rotatable bonds is 0. The predicted octanol–water partition coefficient (Wildman–Crippen LogP) is 1.20. The minimum Gasteiger partial charge on any atom is -0.202 e. The summed E-state index contributed by atoms with van der Waals surface area (Å²) >= 11 is 0. The second-order valence-electron chi connectivity index (χ2n) is 1.67. The maximum Gasteiger partial charge on any atom is 0.255 e. The Morgan fingerprint density at radius 1 is 1.00 bits per heavy atom. The summed E-state index contributed by atoms with van der Waals surface area (Å²) < 4.78 is 36.2. The van der Waals surface area contributed by atoms with Gasteiger partial charge in [-0.25, -0.2) is 9.97 Å². The molecule has 54 valence electrons. The summed E-state index contributed by atoms with van der Waals surface area (Å²) in [5.41, 5.74) is 0. The average molecular weight is 148 g/mol. The lowest BCUT2D eigenvalue weighted by Gasteiger charge is -1.93. The first-order valence-electron chi connectivity index (χ1n) is 2.46. The highest BCUT2D eigenvalue weighted by Gasteiger charge is 2.10. The molecule has 0 fully saturated rings. The third-order valence-electron chi connectivity index (χ3n) is 0.882. The van der Waals surface area contributed by atoms with Gasteiger partial charge in [-0.05, 0) is 6.92 Å². The van der Waals surface area contributed by atoms with Gasteiger partial charge in [0.2, 0.25) is 5.82 Å². The number of nitrogens with zero attached hydrogens (tertiary/aromatic N) is 2. The van der Waals surface area contributed by atoms with E-state index in [2.05, 4.69) is 9.97 Å². The van der Waals surface area contributed by atoms with Crippen LogP contribution in [0, 0.1) is 24.6 Å². The molecule has 0 radical (unpaired) electrons. The Kier molecular flexibility index (Phi) is 1.57. The summed E-state index contributed by atoms with van der Waals surface area (Å²) in [5, 5.41) is 0. The van der Waals surface area contributed by atoms with Crippen molar-refractivity contribution in [2.45, 2.75) is 6.92 Å². The standard InChI is InChI=1S/C5H3F3N2/c1-2-9-4(7)3(6)5(8)10-2/h1H3. The molecule has 0 aromatic carbocycles. The van der Waals surface area contributed by atoms with Gasteiger partial charge in [0.1, 0.15) is 5.82 Å². The molecule has 0 aliphatic rings. The molecule has 1 aromatic heterocycles. The van der Waals surface area contributed by atoms with Gasteiger partial charge in [0.25, 0.3) is 11.9 Å². The lowest BCUT2D eigenvalue weighted by molar-refractivity contribution is 0.402. The highest BCUT2D eigenvalue weighted by atomic mass is 19.2. The summed E-state index contributed by atoms with van der Waals surface area (Å²) in [6.07, 6.45) is 0. The van der Waals surface area contributed by atoms with Gasteiger partial charge < -0.3 is 0 Å². The van der Waals surface area contributed by atoms with Gasteiger partial charge >= 0.3 is 0 Å². The Morgan fingerprint density at radius 2 is 1.40 bits per heavy atom. The minimum atomic E-state index is -1.63. The van der Waals surface area contributed by atoms with Crippen molar-refractivity contribution in [2.24, 2.45) is 0 Å². The number of hydrogen-bond acceptors (Lipinski definition) is 2. The van der Waals surface area contributed by atoms with Crippen LogP contribution in [0.15, 0.2) is 0 Å². The molecule has 0 aliphatic heterocycles. The second kappa shape index (κ2) is 2.24. The van der Waals surface area contributed by atoms with Crippen LogP contribution in [0.3, 0.4) is 0 Å². The molecule has 1 aromatic rings. The summed E-state index contributed by atoms with van der Waals surface area (Å²) in [5.74, 6) is -4.67. The molecule has 5 heteroatoms. The summed E-state index contributed by atoms with van der Waals surface area (Å²) in [7, 11) is 0. The van der Waals surface area contributed by atoms with Gasteiger partial charge in [0.15, 0.2) is 0 Å². The van der Waals surface area contributed by atoms with Gasteiger partial charge in [0.05, 0.1) is 0 Å². The molecule has 0 bridgehead atoms. The third kappa shape index (κ3) is 1.07. The minimum absolute atomic E-state index is 0.128. The monoisotopic (exact) mass is 148 g/mol. The second-order valence-corrected chi connectivity index (χ2v) is 1.67. The highest BCUT2D eigenvalue weighted by molar-refractivity contribution is 4.94. The van der Waals surface area contributed by atoms with Crippen LogP contribution in [-0.4, -0.2) is 9.97 Å². The van der Waals surface area contributed by atoms with Crippen LogP contribution in [0.5, 0.6) is 0 Å². The lowest BCUT2D eigenvalue weighted by atomic mass is 10.5. The molecule has 1 heterocycles. The molecule has 0 amide bonds. The highest BCUT2D eigenvalue weighted by Crippen LogP contribution is 2.04. The van der Waals surface area contributed by atoms with E-state index in [1.54, 1.807) is 0 Å². The number of aromatic nitrogens is 2. The topological polar surface area (TPSA) is 25.8 Å². The molecule has 2 nitrogen and oxygen atoms in total. The summed E-state index contributed by atoms with van der Waals surface area (Å²) in [4.78, 5) is 5.88. The molecule has 10 heavy (non-hydrogen) atoms. The van der Waals surface area contributed by atoms with E-state index >= 15 is 0 Å². The fourth-order valence-electron chi connectivity index (χ4n) is 0.492. The van der Waals surface area contributed by atoms with Crippen molar-refractivity contribution in [3.05, 3.63) is 23.5 Å². The van der Waals surface area contributed by atoms with E-state index in [-0.39, 0.29) is 5.82 Å². The van der Waals surface area contributed by atoms with Crippen LogP contribution < -0.4 is 0 Å². The zero-order valence-corrected chi connectivity index (χ0v) is 5.03. The van der Waals surface area contributed by atoms with E-state index < -0.39 is 17.7 Å². The molecule has 0 atom stereocenters. The van der Waals surface area contributed by atoms with Crippen molar-refractivity contribution in [1.82, 2.24) is 9.97 Å². The first-order valence-corrected chi connectivity index (χ1v) is 2.46. The Bertz CT molecular complexity index is 238. The average Bonchev–Trinajstić information content (AvgIpc) is 1.82. The Balaban J connectivity index is 3.31. The van der Waals surface area contributed by atoms with Crippen LogP contribution in [0.2, 0.25) is 0 Å².